The predicted octanol–water partition coefficient (Wildman–Crippen LogP) is 4.19. The lowest BCUT2D eigenvalue weighted by atomic mass is 9.91. The second-order valence-corrected chi connectivity index (χ2v) is 5.64. The van der Waals surface area contributed by atoms with Crippen LogP contribution >= 0.6 is 11.6 Å². The third-order valence-corrected chi connectivity index (χ3v) is 4.00. The van der Waals surface area contributed by atoms with Gasteiger partial charge >= 0.3 is 0 Å². The second-order valence-electron chi connectivity index (χ2n) is 5.08. The number of hydrogen-bond donors (Lipinski definition) is 0. The van der Waals surface area contributed by atoms with Gasteiger partial charge in [0.25, 0.3) is 0 Å². The fourth-order valence-electron chi connectivity index (χ4n) is 2.34. The summed E-state index contributed by atoms with van der Waals surface area (Å²) in [6.07, 6.45) is 4.61. The van der Waals surface area contributed by atoms with Crippen molar-refractivity contribution in [2.45, 2.75) is 57.1 Å². The highest BCUT2D eigenvalue weighted by Crippen LogP contribution is 2.33. The average Bonchev–Trinajstić information content (AvgIpc) is 2.43. The van der Waals surface area contributed by atoms with Crippen molar-refractivity contribution in [2.75, 3.05) is 6.61 Å². The van der Waals surface area contributed by atoms with Gasteiger partial charge in [0.15, 0.2) is 0 Å². The number of aryl methyl sites for hydroxylation is 1. The summed E-state index contributed by atoms with van der Waals surface area (Å²) < 4.78 is 11.5. The molecule has 0 saturated heterocycles. The van der Waals surface area contributed by atoms with E-state index < -0.39 is 0 Å². The molecule has 0 aromatic heterocycles. The van der Waals surface area contributed by atoms with Crippen molar-refractivity contribution in [3.8, 4) is 5.75 Å². The number of unbranched alkanes of at least 4 members (excludes halogenated alkanes) is 1. The summed E-state index contributed by atoms with van der Waals surface area (Å²) in [5, 5.41) is 0.0915. The summed E-state index contributed by atoms with van der Waals surface area (Å²) in [4.78, 5) is 0. The first kappa shape index (κ1) is 14.7. The highest BCUT2D eigenvalue weighted by atomic mass is 35.5. The van der Waals surface area contributed by atoms with Gasteiger partial charge in [-0.15, -0.1) is 11.6 Å². The third-order valence-electron chi connectivity index (χ3n) is 3.57. The Morgan fingerprint density at radius 3 is 2.53 bits per heavy atom. The molecule has 1 aliphatic rings. The van der Waals surface area contributed by atoms with E-state index in [1.54, 1.807) is 0 Å². The van der Waals surface area contributed by atoms with E-state index in [2.05, 4.69) is 31.2 Å². The quantitative estimate of drug-likeness (QED) is 0.698. The van der Waals surface area contributed by atoms with Gasteiger partial charge in [0.05, 0.1) is 5.38 Å². The minimum atomic E-state index is 0.0337. The lowest BCUT2D eigenvalue weighted by molar-refractivity contribution is -0.0759. The smallest absolute Gasteiger partial charge is 0.128 e. The molecular weight excluding hydrogens is 260 g/mol. The monoisotopic (exact) mass is 282 g/mol. The fraction of sp³-hybridized carbons (Fsp3) is 0.625. The Kier molecular flexibility index (Phi) is 5.53. The van der Waals surface area contributed by atoms with Crippen LogP contribution in [0.15, 0.2) is 24.3 Å². The summed E-state index contributed by atoms with van der Waals surface area (Å²) in [6.45, 7) is 4.88. The zero-order valence-electron chi connectivity index (χ0n) is 11.8. The molecule has 1 saturated carbocycles. The minimum absolute atomic E-state index is 0.0337. The molecule has 106 valence electrons. The minimum Gasteiger partial charge on any atom is -0.488 e. The Hall–Kier alpha value is -0.730. The van der Waals surface area contributed by atoms with Crippen LogP contribution in [-0.2, 0) is 11.2 Å². The normalized spacial score (nSPS) is 25.9. The molecule has 1 aromatic carbocycles. The largest absolute Gasteiger partial charge is 0.488 e. The lowest BCUT2D eigenvalue weighted by Crippen LogP contribution is -2.52. The van der Waals surface area contributed by atoms with E-state index in [1.165, 1.54) is 18.4 Å². The molecule has 2 rings (SSSR count). The molecule has 1 aliphatic carbocycles. The predicted molar refractivity (Wildman–Crippen MR) is 79.1 cm³/mol. The van der Waals surface area contributed by atoms with Crippen molar-refractivity contribution < 1.29 is 9.47 Å². The van der Waals surface area contributed by atoms with Crippen molar-refractivity contribution in [1.29, 1.82) is 0 Å². The Morgan fingerprint density at radius 2 is 1.95 bits per heavy atom. The molecule has 0 N–H and O–H groups in total. The maximum atomic E-state index is 6.13. The van der Waals surface area contributed by atoms with Crippen LogP contribution in [0.5, 0.6) is 5.75 Å². The van der Waals surface area contributed by atoms with Crippen LogP contribution in [0.4, 0.5) is 0 Å². The summed E-state index contributed by atoms with van der Waals surface area (Å²) in [7, 11) is 0. The van der Waals surface area contributed by atoms with E-state index in [0.29, 0.717) is 6.61 Å². The van der Waals surface area contributed by atoms with Gasteiger partial charge in [0, 0.05) is 13.0 Å². The van der Waals surface area contributed by atoms with E-state index in [4.69, 9.17) is 21.1 Å². The van der Waals surface area contributed by atoms with Gasteiger partial charge in [-0.2, -0.15) is 0 Å². The van der Waals surface area contributed by atoms with Gasteiger partial charge in [-0.05, 0) is 37.5 Å². The van der Waals surface area contributed by atoms with E-state index >= 15 is 0 Å². The van der Waals surface area contributed by atoms with Crippen molar-refractivity contribution in [3.05, 3.63) is 29.8 Å². The third kappa shape index (κ3) is 3.87. The molecule has 3 heteroatoms. The molecule has 0 heterocycles. The molecule has 1 aromatic rings. The molecule has 0 radical (unpaired) electrons. The zero-order chi connectivity index (χ0) is 13.7. The van der Waals surface area contributed by atoms with E-state index in [9.17, 15) is 0 Å². The Labute approximate surface area is 121 Å². The van der Waals surface area contributed by atoms with Crippen molar-refractivity contribution in [2.24, 2.45) is 0 Å². The number of alkyl halides is 1. The molecule has 3 unspecified atom stereocenters. The molecule has 0 amide bonds. The van der Waals surface area contributed by atoms with Crippen molar-refractivity contribution >= 4 is 11.6 Å². The summed E-state index contributed by atoms with van der Waals surface area (Å²) >= 11 is 6.13. The molecule has 0 bridgehead atoms. The van der Waals surface area contributed by atoms with Gasteiger partial charge in [-0.3, -0.25) is 0 Å². The van der Waals surface area contributed by atoms with Gasteiger partial charge in [-0.1, -0.05) is 25.5 Å². The highest BCUT2D eigenvalue weighted by Gasteiger charge is 2.42. The van der Waals surface area contributed by atoms with Crippen LogP contribution in [0.2, 0.25) is 0 Å². The van der Waals surface area contributed by atoms with Crippen molar-refractivity contribution in [1.82, 2.24) is 0 Å². The highest BCUT2D eigenvalue weighted by molar-refractivity contribution is 6.21. The first-order valence-corrected chi connectivity index (χ1v) is 7.69. The van der Waals surface area contributed by atoms with Crippen molar-refractivity contribution in [3.63, 3.8) is 0 Å². The lowest BCUT2D eigenvalue weighted by Gasteiger charge is -2.40. The van der Waals surface area contributed by atoms with Crippen LogP contribution in [0.1, 0.15) is 38.7 Å². The number of halogens is 1. The number of ether oxygens (including phenoxy) is 2. The first-order chi connectivity index (χ1) is 9.24. The fourth-order valence-corrected chi connectivity index (χ4v) is 2.75. The summed E-state index contributed by atoms with van der Waals surface area (Å²) in [5.41, 5.74) is 1.37. The molecule has 0 spiro atoms. The second kappa shape index (κ2) is 7.16. The van der Waals surface area contributed by atoms with Gasteiger partial charge in [0.2, 0.25) is 0 Å². The van der Waals surface area contributed by atoms with Gasteiger partial charge in [-0.25, -0.2) is 0 Å². The maximum absolute atomic E-state index is 6.13. The summed E-state index contributed by atoms with van der Waals surface area (Å²) in [6, 6.07) is 8.40. The molecular formula is C16H23ClO2. The maximum Gasteiger partial charge on any atom is 0.128 e. The molecule has 0 aliphatic heterocycles. The zero-order valence-corrected chi connectivity index (χ0v) is 12.5. The SMILES string of the molecule is CCCCc1ccc(OC2CC(Cl)C2OCC)cc1. The molecule has 3 atom stereocenters. The topological polar surface area (TPSA) is 18.5 Å². The number of benzene rings is 1. The van der Waals surface area contributed by atoms with Crippen LogP contribution in [0, 0.1) is 0 Å². The van der Waals surface area contributed by atoms with E-state index in [1.807, 2.05) is 6.92 Å². The van der Waals surface area contributed by atoms with Crippen LogP contribution in [-0.4, -0.2) is 24.2 Å². The summed E-state index contributed by atoms with van der Waals surface area (Å²) in [5.74, 6) is 0.915. The van der Waals surface area contributed by atoms with Crippen LogP contribution in [0.25, 0.3) is 0 Å². The van der Waals surface area contributed by atoms with Crippen LogP contribution < -0.4 is 4.74 Å². The Bertz CT molecular complexity index is 377. The molecule has 1 fully saturated rings. The number of hydrogen-bond acceptors (Lipinski definition) is 2. The standard InChI is InChI=1S/C16H23ClO2/c1-3-5-6-12-7-9-13(10-8-12)19-15-11-14(17)16(15)18-4-2/h7-10,14-16H,3-6,11H2,1-2H3. The van der Waals surface area contributed by atoms with E-state index in [-0.39, 0.29) is 17.6 Å². The van der Waals surface area contributed by atoms with Crippen LogP contribution in [0.3, 0.4) is 0 Å². The average molecular weight is 283 g/mol. The van der Waals surface area contributed by atoms with Gasteiger partial charge in [0.1, 0.15) is 18.0 Å². The Balaban J connectivity index is 1.86. The van der Waals surface area contributed by atoms with E-state index in [0.717, 1.165) is 18.6 Å². The Morgan fingerprint density at radius 1 is 1.21 bits per heavy atom. The first-order valence-electron chi connectivity index (χ1n) is 7.25. The van der Waals surface area contributed by atoms with Gasteiger partial charge < -0.3 is 9.47 Å². The molecule has 2 nitrogen and oxygen atoms in total. The molecule has 19 heavy (non-hydrogen) atoms. The number of rotatable bonds is 7.